The summed E-state index contributed by atoms with van der Waals surface area (Å²) < 4.78 is 5.18. The first-order valence-electron chi connectivity index (χ1n) is 6.74. The fourth-order valence-corrected chi connectivity index (χ4v) is 2.21. The van der Waals surface area contributed by atoms with Crippen molar-refractivity contribution < 1.29 is 4.52 Å². The van der Waals surface area contributed by atoms with Gasteiger partial charge in [-0.15, -0.1) is 0 Å². The lowest BCUT2D eigenvalue weighted by atomic mass is 9.81. The molecule has 1 heterocycles. The number of aromatic nitrogens is 1. The van der Waals surface area contributed by atoms with Crippen molar-refractivity contribution in [3.63, 3.8) is 0 Å². The Morgan fingerprint density at radius 3 is 2.59 bits per heavy atom. The van der Waals surface area contributed by atoms with Gasteiger partial charge in [0.15, 0.2) is 0 Å². The highest BCUT2D eigenvalue weighted by molar-refractivity contribution is 5.43. The lowest BCUT2D eigenvalue weighted by Crippen LogP contribution is -2.17. The van der Waals surface area contributed by atoms with Crippen molar-refractivity contribution in [1.29, 1.82) is 0 Å². The summed E-state index contributed by atoms with van der Waals surface area (Å²) in [5, 5.41) is 6.94. The Hall–Kier alpha value is -0.990. The second kappa shape index (κ2) is 6.67. The van der Waals surface area contributed by atoms with Crippen LogP contribution in [0.4, 0.5) is 5.88 Å². The number of hydrogen-bond donors (Lipinski definition) is 1. The molecule has 98 valence electrons. The number of hydrogen-bond acceptors (Lipinski definition) is 3. The first-order valence-corrected chi connectivity index (χ1v) is 6.74. The maximum Gasteiger partial charge on any atom is 0.228 e. The van der Waals surface area contributed by atoms with Crippen LogP contribution in [0, 0.1) is 0 Å². The summed E-state index contributed by atoms with van der Waals surface area (Å²) >= 11 is 0. The summed E-state index contributed by atoms with van der Waals surface area (Å²) in [5.41, 5.74) is 1.33. The van der Waals surface area contributed by atoms with Crippen LogP contribution in [0.1, 0.15) is 64.9 Å². The van der Waals surface area contributed by atoms with Crippen LogP contribution < -0.4 is 5.32 Å². The van der Waals surface area contributed by atoms with Crippen LogP contribution >= 0.6 is 0 Å². The predicted molar refractivity (Wildman–Crippen MR) is 72.5 cm³/mol. The SMILES string of the molecule is CCCCCCCC(C)(C)c1cnoc1NC. The molecule has 0 unspecified atom stereocenters. The summed E-state index contributed by atoms with van der Waals surface area (Å²) in [6.45, 7) is 6.78. The lowest BCUT2D eigenvalue weighted by molar-refractivity contribution is 0.422. The van der Waals surface area contributed by atoms with E-state index in [1.54, 1.807) is 0 Å². The average molecular weight is 238 g/mol. The second-order valence-electron chi connectivity index (χ2n) is 5.37. The number of rotatable bonds is 8. The minimum absolute atomic E-state index is 0.143. The Balaban J connectivity index is 2.45. The first kappa shape index (κ1) is 14.1. The largest absolute Gasteiger partial charge is 0.357 e. The van der Waals surface area contributed by atoms with Gasteiger partial charge >= 0.3 is 0 Å². The van der Waals surface area contributed by atoms with Crippen molar-refractivity contribution in [3.05, 3.63) is 11.8 Å². The van der Waals surface area contributed by atoms with Crippen molar-refractivity contribution in [2.45, 2.75) is 64.7 Å². The molecular formula is C14H26N2O. The Morgan fingerprint density at radius 1 is 1.24 bits per heavy atom. The molecule has 3 heteroatoms. The van der Waals surface area contributed by atoms with Gasteiger partial charge in [-0.1, -0.05) is 58.0 Å². The summed E-state index contributed by atoms with van der Waals surface area (Å²) in [4.78, 5) is 0. The van der Waals surface area contributed by atoms with Gasteiger partial charge in [-0.3, -0.25) is 0 Å². The zero-order valence-electron chi connectivity index (χ0n) is 11.7. The van der Waals surface area contributed by atoms with Gasteiger partial charge in [-0.25, -0.2) is 0 Å². The van der Waals surface area contributed by atoms with Crippen LogP contribution in [-0.4, -0.2) is 12.2 Å². The lowest BCUT2D eigenvalue weighted by Gasteiger charge is -2.23. The maximum absolute atomic E-state index is 5.18. The van der Waals surface area contributed by atoms with Gasteiger partial charge in [0.05, 0.1) is 6.20 Å². The van der Waals surface area contributed by atoms with Crippen molar-refractivity contribution in [2.75, 3.05) is 12.4 Å². The van der Waals surface area contributed by atoms with Gasteiger partial charge in [-0.2, -0.15) is 0 Å². The van der Waals surface area contributed by atoms with E-state index in [1.807, 2.05) is 13.2 Å². The van der Waals surface area contributed by atoms with Gasteiger partial charge in [0, 0.05) is 12.6 Å². The molecule has 0 aliphatic carbocycles. The van der Waals surface area contributed by atoms with Gasteiger partial charge in [0.25, 0.3) is 0 Å². The van der Waals surface area contributed by atoms with Crippen LogP contribution in [0.15, 0.2) is 10.7 Å². The summed E-state index contributed by atoms with van der Waals surface area (Å²) in [6, 6.07) is 0. The Bertz CT molecular complexity index is 318. The molecule has 1 aromatic rings. The summed E-state index contributed by atoms with van der Waals surface area (Å²) in [5.74, 6) is 0.809. The zero-order chi connectivity index (χ0) is 12.7. The topological polar surface area (TPSA) is 38.1 Å². The van der Waals surface area contributed by atoms with E-state index in [-0.39, 0.29) is 5.41 Å². The highest BCUT2D eigenvalue weighted by atomic mass is 16.5. The van der Waals surface area contributed by atoms with Crippen molar-refractivity contribution in [3.8, 4) is 0 Å². The van der Waals surface area contributed by atoms with E-state index < -0.39 is 0 Å². The van der Waals surface area contributed by atoms with Gasteiger partial charge in [0.1, 0.15) is 0 Å². The highest BCUT2D eigenvalue weighted by Crippen LogP contribution is 2.34. The molecule has 0 atom stereocenters. The molecule has 3 nitrogen and oxygen atoms in total. The maximum atomic E-state index is 5.18. The normalized spacial score (nSPS) is 11.8. The van der Waals surface area contributed by atoms with Crippen LogP contribution in [0.25, 0.3) is 0 Å². The second-order valence-corrected chi connectivity index (χ2v) is 5.37. The number of nitrogens with zero attached hydrogens (tertiary/aromatic N) is 1. The van der Waals surface area contributed by atoms with E-state index in [0.717, 1.165) is 5.88 Å². The number of anilines is 1. The highest BCUT2D eigenvalue weighted by Gasteiger charge is 2.25. The third-order valence-electron chi connectivity index (χ3n) is 3.43. The monoisotopic (exact) mass is 238 g/mol. The number of nitrogens with one attached hydrogen (secondary N) is 1. The molecule has 1 aromatic heterocycles. The minimum atomic E-state index is 0.143. The molecule has 0 saturated heterocycles. The molecule has 0 amide bonds. The van der Waals surface area contributed by atoms with Crippen molar-refractivity contribution >= 4 is 5.88 Å². The van der Waals surface area contributed by atoms with Crippen LogP contribution in [0.5, 0.6) is 0 Å². The molecule has 1 N–H and O–H groups in total. The van der Waals surface area contributed by atoms with Crippen molar-refractivity contribution in [1.82, 2.24) is 5.16 Å². The fourth-order valence-electron chi connectivity index (χ4n) is 2.21. The Kier molecular flexibility index (Phi) is 5.52. The van der Waals surface area contributed by atoms with Crippen LogP contribution in [0.2, 0.25) is 0 Å². The van der Waals surface area contributed by atoms with Crippen LogP contribution in [0.3, 0.4) is 0 Å². The molecule has 17 heavy (non-hydrogen) atoms. The van der Waals surface area contributed by atoms with E-state index in [1.165, 1.54) is 44.1 Å². The molecule has 0 spiro atoms. The predicted octanol–water partition coefficient (Wildman–Crippen LogP) is 4.35. The van der Waals surface area contributed by atoms with Crippen LogP contribution in [-0.2, 0) is 5.41 Å². The van der Waals surface area contributed by atoms with E-state index in [0.29, 0.717) is 0 Å². The Morgan fingerprint density at radius 2 is 1.94 bits per heavy atom. The third-order valence-corrected chi connectivity index (χ3v) is 3.43. The van der Waals surface area contributed by atoms with Crippen molar-refractivity contribution in [2.24, 2.45) is 0 Å². The fraction of sp³-hybridized carbons (Fsp3) is 0.786. The molecular weight excluding hydrogens is 212 g/mol. The molecule has 1 rings (SSSR count). The van der Waals surface area contributed by atoms with Gasteiger partial charge in [0.2, 0.25) is 5.88 Å². The van der Waals surface area contributed by atoms with Gasteiger partial charge in [-0.05, 0) is 11.8 Å². The standard InChI is InChI=1S/C14H26N2O/c1-5-6-7-8-9-10-14(2,3)12-11-16-17-13(12)15-4/h11,15H,5-10H2,1-4H3. The zero-order valence-corrected chi connectivity index (χ0v) is 11.7. The molecule has 0 saturated carbocycles. The third kappa shape index (κ3) is 4.06. The van der Waals surface area contributed by atoms with E-state index in [2.05, 4.69) is 31.2 Å². The van der Waals surface area contributed by atoms with Gasteiger partial charge < -0.3 is 9.84 Å². The Labute approximate surface area is 105 Å². The molecule has 0 radical (unpaired) electrons. The molecule has 0 fully saturated rings. The first-order chi connectivity index (χ1) is 8.11. The quantitative estimate of drug-likeness (QED) is 0.684. The van der Waals surface area contributed by atoms with E-state index >= 15 is 0 Å². The molecule has 0 aliphatic heterocycles. The molecule has 0 aromatic carbocycles. The minimum Gasteiger partial charge on any atom is -0.357 e. The number of unbranched alkanes of at least 4 members (excludes halogenated alkanes) is 4. The van der Waals surface area contributed by atoms with E-state index in [4.69, 9.17) is 4.52 Å². The smallest absolute Gasteiger partial charge is 0.228 e. The molecule has 0 bridgehead atoms. The average Bonchev–Trinajstić information content (AvgIpc) is 2.77. The molecule has 0 aliphatic rings. The summed E-state index contributed by atoms with van der Waals surface area (Å²) in [6.07, 6.45) is 9.66. The van der Waals surface area contributed by atoms with E-state index in [9.17, 15) is 0 Å². The summed E-state index contributed by atoms with van der Waals surface area (Å²) in [7, 11) is 1.88.